The van der Waals surface area contributed by atoms with Crippen molar-refractivity contribution in [1.29, 1.82) is 0 Å². The Morgan fingerprint density at radius 3 is 2.90 bits per heavy atom. The summed E-state index contributed by atoms with van der Waals surface area (Å²) in [4.78, 5) is 11.6. The van der Waals surface area contributed by atoms with Crippen molar-refractivity contribution in [2.24, 2.45) is 7.05 Å². The van der Waals surface area contributed by atoms with Crippen molar-refractivity contribution in [3.63, 3.8) is 0 Å². The number of carbonyl (C=O) groups excluding carboxylic acids is 1. The predicted molar refractivity (Wildman–Crippen MR) is 78.8 cm³/mol. The average molecular weight is 289 g/mol. The van der Waals surface area contributed by atoms with Gasteiger partial charge in [0.1, 0.15) is 5.75 Å². The summed E-state index contributed by atoms with van der Waals surface area (Å²) < 4.78 is 12.3. The molecule has 0 amide bonds. The molecule has 0 radical (unpaired) electrons. The van der Waals surface area contributed by atoms with Gasteiger partial charge in [-0.05, 0) is 18.2 Å². The average Bonchev–Trinajstić information content (AvgIpc) is 2.85. The lowest BCUT2D eigenvalue weighted by Crippen LogP contribution is -2.12. The molecular weight excluding hydrogens is 270 g/mol. The number of anilines is 1. The second-order valence-electron chi connectivity index (χ2n) is 4.59. The summed E-state index contributed by atoms with van der Waals surface area (Å²) in [6.45, 7) is 0.616. The summed E-state index contributed by atoms with van der Waals surface area (Å²) in [5.41, 5.74) is 7.29. The van der Waals surface area contributed by atoms with Crippen LogP contribution in [-0.4, -0.2) is 29.0 Å². The molecule has 0 fully saturated rings. The third-order valence-corrected chi connectivity index (χ3v) is 2.98. The molecule has 0 saturated carbocycles. The third kappa shape index (κ3) is 4.83. The van der Waals surface area contributed by atoms with E-state index >= 15 is 0 Å². The quantitative estimate of drug-likeness (QED) is 0.618. The molecule has 112 valence electrons. The molecule has 6 nitrogen and oxygen atoms in total. The molecule has 0 spiro atoms. The second-order valence-corrected chi connectivity index (χ2v) is 4.59. The molecule has 1 aromatic carbocycles. The first-order chi connectivity index (χ1) is 10.1. The van der Waals surface area contributed by atoms with Crippen molar-refractivity contribution in [3.05, 3.63) is 42.2 Å². The number of aromatic nitrogens is 2. The number of rotatable bonds is 7. The summed E-state index contributed by atoms with van der Waals surface area (Å²) in [6.07, 6.45) is 2.58. The van der Waals surface area contributed by atoms with Gasteiger partial charge in [-0.25, -0.2) is 0 Å². The van der Waals surface area contributed by atoms with E-state index in [4.69, 9.17) is 15.2 Å². The molecule has 0 unspecified atom stereocenters. The van der Waals surface area contributed by atoms with Crippen LogP contribution < -0.4 is 10.5 Å². The number of ether oxygens (including phenoxy) is 2. The first-order valence-electron chi connectivity index (χ1n) is 6.76. The number of hydrogen-bond acceptors (Lipinski definition) is 5. The largest absolute Gasteiger partial charge is 0.493 e. The zero-order chi connectivity index (χ0) is 15.1. The van der Waals surface area contributed by atoms with E-state index in [0.717, 1.165) is 5.69 Å². The van der Waals surface area contributed by atoms with Crippen LogP contribution in [0.25, 0.3) is 0 Å². The Balaban J connectivity index is 1.63. The number of hydrogen-bond donors (Lipinski definition) is 1. The Morgan fingerprint density at radius 2 is 2.19 bits per heavy atom. The number of benzene rings is 1. The van der Waals surface area contributed by atoms with Gasteiger partial charge in [0.15, 0.2) is 0 Å². The van der Waals surface area contributed by atoms with Crippen LogP contribution in [0.2, 0.25) is 0 Å². The lowest BCUT2D eigenvalue weighted by Gasteiger charge is -2.07. The molecule has 0 atom stereocenters. The molecule has 2 N–H and O–H groups in total. The van der Waals surface area contributed by atoms with Gasteiger partial charge in [0.2, 0.25) is 0 Å². The van der Waals surface area contributed by atoms with E-state index < -0.39 is 0 Å². The number of esters is 1. The lowest BCUT2D eigenvalue weighted by molar-refractivity contribution is -0.144. The number of nitrogens with two attached hydrogens (primary N) is 1. The summed E-state index contributed by atoms with van der Waals surface area (Å²) >= 11 is 0. The molecule has 2 aromatic rings. The third-order valence-electron chi connectivity index (χ3n) is 2.98. The lowest BCUT2D eigenvalue weighted by atomic mass is 10.3. The summed E-state index contributed by atoms with van der Waals surface area (Å²) in [6, 6.07) is 8.99. The van der Waals surface area contributed by atoms with Gasteiger partial charge in [0, 0.05) is 37.1 Å². The van der Waals surface area contributed by atoms with Crippen LogP contribution in [0.4, 0.5) is 5.69 Å². The van der Waals surface area contributed by atoms with E-state index in [-0.39, 0.29) is 19.0 Å². The molecule has 0 aliphatic rings. The van der Waals surface area contributed by atoms with Crippen LogP contribution in [0.3, 0.4) is 0 Å². The van der Waals surface area contributed by atoms with Crippen LogP contribution in [-0.2, 0) is 23.0 Å². The smallest absolute Gasteiger partial charge is 0.309 e. The monoisotopic (exact) mass is 289 g/mol. The SMILES string of the molecule is Cn1nccc1CCOC(=O)CCOc1cccc(N)c1. The molecule has 0 saturated heterocycles. The Hall–Kier alpha value is -2.50. The molecule has 0 aliphatic heterocycles. The van der Waals surface area contributed by atoms with E-state index in [1.807, 2.05) is 13.1 Å². The maximum absolute atomic E-state index is 11.6. The highest BCUT2D eigenvalue weighted by atomic mass is 16.5. The van der Waals surface area contributed by atoms with Gasteiger partial charge in [-0.3, -0.25) is 9.48 Å². The fraction of sp³-hybridized carbons (Fsp3) is 0.333. The van der Waals surface area contributed by atoms with Crippen LogP contribution in [0.5, 0.6) is 5.75 Å². The number of nitrogen functional groups attached to an aromatic ring is 1. The van der Waals surface area contributed by atoms with Gasteiger partial charge < -0.3 is 15.2 Å². The maximum atomic E-state index is 11.6. The van der Waals surface area contributed by atoms with Crippen molar-refractivity contribution in [2.75, 3.05) is 18.9 Å². The Morgan fingerprint density at radius 1 is 1.33 bits per heavy atom. The first-order valence-corrected chi connectivity index (χ1v) is 6.76. The fourth-order valence-corrected chi connectivity index (χ4v) is 1.84. The molecule has 1 heterocycles. The minimum atomic E-state index is -0.277. The Labute approximate surface area is 123 Å². The van der Waals surface area contributed by atoms with Gasteiger partial charge in [0.05, 0.1) is 19.6 Å². The Kier molecular flexibility index (Phi) is 5.20. The zero-order valence-electron chi connectivity index (χ0n) is 12.0. The van der Waals surface area contributed by atoms with Crippen LogP contribution in [0, 0.1) is 0 Å². The van der Waals surface area contributed by atoms with Crippen molar-refractivity contribution in [2.45, 2.75) is 12.8 Å². The molecular formula is C15H19N3O3. The van der Waals surface area contributed by atoms with Crippen LogP contribution in [0.15, 0.2) is 36.5 Å². The van der Waals surface area contributed by atoms with E-state index in [0.29, 0.717) is 24.5 Å². The summed E-state index contributed by atoms with van der Waals surface area (Å²) in [5, 5.41) is 4.05. The molecule has 0 bridgehead atoms. The highest BCUT2D eigenvalue weighted by molar-refractivity contribution is 5.69. The molecule has 6 heteroatoms. The Bertz CT molecular complexity index is 595. The first kappa shape index (κ1) is 14.9. The topological polar surface area (TPSA) is 79.4 Å². The van der Waals surface area contributed by atoms with E-state index in [1.165, 1.54) is 0 Å². The van der Waals surface area contributed by atoms with Gasteiger partial charge in [-0.2, -0.15) is 5.10 Å². The number of aryl methyl sites for hydroxylation is 1. The highest BCUT2D eigenvalue weighted by Crippen LogP contribution is 2.14. The van der Waals surface area contributed by atoms with E-state index in [1.54, 1.807) is 35.1 Å². The van der Waals surface area contributed by atoms with E-state index in [2.05, 4.69) is 5.10 Å². The van der Waals surface area contributed by atoms with Crippen LogP contribution in [0.1, 0.15) is 12.1 Å². The normalized spacial score (nSPS) is 10.3. The molecule has 1 aromatic heterocycles. The van der Waals surface area contributed by atoms with Crippen molar-refractivity contribution < 1.29 is 14.3 Å². The minimum absolute atomic E-state index is 0.209. The van der Waals surface area contributed by atoms with Gasteiger partial charge >= 0.3 is 5.97 Å². The highest BCUT2D eigenvalue weighted by Gasteiger charge is 2.05. The van der Waals surface area contributed by atoms with Crippen molar-refractivity contribution >= 4 is 11.7 Å². The minimum Gasteiger partial charge on any atom is -0.493 e. The van der Waals surface area contributed by atoms with Gasteiger partial charge in [-0.15, -0.1) is 0 Å². The van der Waals surface area contributed by atoms with Gasteiger partial charge in [0.25, 0.3) is 0 Å². The molecule has 0 aliphatic carbocycles. The van der Waals surface area contributed by atoms with Crippen molar-refractivity contribution in [3.8, 4) is 5.75 Å². The zero-order valence-corrected chi connectivity index (χ0v) is 12.0. The molecule has 21 heavy (non-hydrogen) atoms. The predicted octanol–water partition coefficient (Wildman–Crippen LogP) is 1.56. The van der Waals surface area contributed by atoms with Crippen molar-refractivity contribution in [1.82, 2.24) is 9.78 Å². The standard InChI is InChI=1S/C15H19N3O3/c1-18-13(5-8-17-18)6-9-21-15(19)7-10-20-14-4-2-3-12(16)11-14/h2-5,8,11H,6-7,9-10,16H2,1H3. The number of nitrogens with zero attached hydrogens (tertiary/aromatic N) is 2. The summed E-state index contributed by atoms with van der Waals surface area (Å²) in [7, 11) is 1.86. The van der Waals surface area contributed by atoms with E-state index in [9.17, 15) is 4.79 Å². The number of carbonyl (C=O) groups is 1. The van der Waals surface area contributed by atoms with Crippen LogP contribution >= 0.6 is 0 Å². The summed E-state index contributed by atoms with van der Waals surface area (Å²) in [5.74, 6) is 0.374. The van der Waals surface area contributed by atoms with Gasteiger partial charge in [-0.1, -0.05) is 6.07 Å². The second kappa shape index (κ2) is 7.33. The molecule has 2 rings (SSSR count). The maximum Gasteiger partial charge on any atom is 0.309 e. The fourth-order valence-electron chi connectivity index (χ4n) is 1.84.